The Morgan fingerprint density at radius 3 is 1.47 bits per heavy atom. The summed E-state index contributed by atoms with van der Waals surface area (Å²) in [5, 5.41) is 9.99. The molecule has 4 aromatic rings. The summed E-state index contributed by atoms with van der Waals surface area (Å²) in [4.78, 5) is 25.6. The van der Waals surface area contributed by atoms with E-state index in [2.05, 4.69) is 56.3 Å². The normalized spacial score (nSPS) is 11.3. The Bertz CT molecular complexity index is 1460. The number of hydrogen-bond acceptors (Lipinski definition) is 4. The zero-order valence-corrected chi connectivity index (χ0v) is 18.8. The van der Waals surface area contributed by atoms with Gasteiger partial charge in [0.2, 0.25) is 0 Å². The van der Waals surface area contributed by atoms with Gasteiger partial charge in [-0.05, 0) is 72.8 Å². The van der Waals surface area contributed by atoms with Crippen LogP contribution in [0.2, 0.25) is 0 Å². The van der Waals surface area contributed by atoms with E-state index in [0.717, 1.165) is 44.8 Å². The van der Waals surface area contributed by atoms with E-state index in [4.69, 9.17) is 0 Å². The number of nitro benzene ring substituents is 1. The second-order valence-corrected chi connectivity index (χ2v) is 7.42. The Morgan fingerprint density at radius 1 is 0.647 bits per heavy atom. The molecule has 169 valence electrons. The standard InChI is InChI=1S/C20H14N4.C6H4NO2.Co/c1-2-14-10-16-5-6-18(23-16)12-20-8-7-19(24-20)11-17-4-3-15(22-17)9-13(1)21-14;8-7(9)6-4-2-1-3-5-6;/h1-12,21-22H;2-5H;/q;-1;. The number of aromatic nitrogens is 4. The molecule has 8 bridgehead atoms. The van der Waals surface area contributed by atoms with Gasteiger partial charge in [-0.15, -0.1) is 0 Å². The average Bonchev–Trinajstić information content (AvgIpc) is 3.61. The maximum atomic E-state index is 9.99. The Hall–Kier alpha value is -4.27. The van der Waals surface area contributed by atoms with Crippen LogP contribution in [0.1, 0.15) is 22.8 Å². The molecule has 0 spiro atoms. The van der Waals surface area contributed by atoms with Gasteiger partial charge in [0.25, 0.3) is 0 Å². The van der Waals surface area contributed by atoms with E-state index in [1.54, 1.807) is 0 Å². The minimum atomic E-state index is -0.437. The molecule has 0 aliphatic carbocycles. The van der Waals surface area contributed by atoms with Crippen molar-refractivity contribution in [3.05, 3.63) is 112 Å². The molecule has 1 aromatic carbocycles. The second kappa shape index (κ2) is 10.1. The van der Waals surface area contributed by atoms with Crippen LogP contribution in [-0.2, 0) is 16.8 Å². The van der Waals surface area contributed by atoms with E-state index < -0.39 is 4.92 Å². The number of nitrogens with one attached hydrogen (secondary N) is 2. The number of benzene rings is 1. The van der Waals surface area contributed by atoms with Crippen LogP contribution in [0, 0.1) is 16.2 Å². The molecule has 34 heavy (non-hydrogen) atoms. The van der Waals surface area contributed by atoms with Crippen LogP contribution in [0.3, 0.4) is 0 Å². The quantitative estimate of drug-likeness (QED) is 0.166. The molecule has 0 fully saturated rings. The largest absolute Gasteiger partial charge is 0.355 e. The summed E-state index contributed by atoms with van der Waals surface area (Å²) >= 11 is 0. The molecule has 3 aromatic heterocycles. The van der Waals surface area contributed by atoms with Gasteiger partial charge in [0, 0.05) is 43.8 Å². The fourth-order valence-corrected chi connectivity index (χ4v) is 3.44. The predicted molar refractivity (Wildman–Crippen MR) is 131 cm³/mol. The topological polar surface area (TPSA) is 101 Å². The van der Waals surface area contributed by atoms with Gasteiger partial charge in [-0.1, -0.05) is 12.1 Å². The monoisotopic (exact) mass is 491 g/mol. The Balaban J connectivity index is 0.000000234. The van der Waals surface area contributed by atoms with Gasteiger partial charge in [-0.2, -0.15) is 18.2 Å². The van der Waals surface area contributed by atoms with E-state index in [9.17, 15) is 10.1 Å². The Morgan fingerprint density at radius 2 is 1.06 bits per heavy atom. The SMILES string of the molecule is C1=Cc2cc3ccc(cc4ccc(cc5nc(cc1n2)C=C5)[nH]4)[nH]3.O=[N+]([O-])c1cc[c-]cc1.[Co]. The van der Waals surface area contributed by atoms with Crippen molar-refractivity contribution < 1.29 is 21.7 Å². The Kier molecular flexibility index (Phi) is 6.81. The van der Waals surface area contributed by atoms with Crippen LogP contribution in [0.15, 0.2) is 72.8 Å². The van der Waals surface area contributed by atoms with Crippen LogP contribution in [0.5, 0.6) is 0 Å². The first kappa shape index (κ1) is 22.9. The van der Waals surface area contributed by atoms with Gasteiger partial charge < -0.3 is 9.97 Å². The number of non-ortho nitro benzene ring substituents is 1. The number of H-pyrrole nitrogens is 2. The molecule has 7 nitrogen and oxygen atoms in total. The number of fused-ring (bicyclic) bond motifs is 8. The average molecular weight is 491 g/mol. The predicted octanol–water partition coefficient (Wildman–Crippen LogP) is 6.05. The zero-order valence-electron chi connectivity index (χ0n) is 17.7. The first-order valence-corrected chi connectivity index (χ1v) is 10.3. The van der Waals surface area contributed by atoms with E-state index in [1.807, 2.05) is 42.5 Å². The van der Waals surface area contributed by atoms with Gasteiger partial charge in [0.15, 0.2) is 5.69 Å². The fourth-order valence-electron chi connectivity index (χ4n) is 3.44. The van der Waals surface area contributed by atoms with Crippen molar-refractivity contribution in [3.8, 4) is 0 Å². The third kappa shape index (κ3) is 5.55. The van der Waals surface area contributed by atoms with E-state index in [-0.39, 0.29) is 22.5 Å². The van der Waals surface area contributed by atoms with Crippen molar-refractivity contribution in [3.63, 3.8) is 0 Å². The molecular formula is C26H18CoN5O2-. The van der Waals surface area contributed by atoms with Crippen molar-refractivity contribution in [1.29, 1.82) is 0 Å². The van der Waals surface area contributed by atoms with Crippen molar-refractivity contribution >= 4 is 52.1 Å². The van der Waals surface area contributed by atoms with Crippen LogP contribution < -0.4 is 0 Å². The minimum Gasteiger partial charge on any atom is -0.355 e. The molecule has 6 rings (SSSR count). The number of nitro groups is 1. The first-order valence-electron chi connectivity index (χ1n) is 10.3. The maximum absolute atomic E-state index is 9.99. The van der Waals surface area contributed by atoms with Crippen LogP contribution in [0.25, 0.3) is 46.4 Å². The molecular weight excluding hydrogens is 473 g/mol. The minimum absolute atomic E-state index is 0. The summed E-state index contributed by atoms with van der Waals surface area (Å²) < 4.78 is 0. The molecule has 8 heteroatoms. The third-order valence-electron chi connectivity index (χ3n) is 4.95. The molecule has 2 aliphatic rings. The number of nitrogens with zero attached hydrogens (tertiary/aromatic N) is 3. The summed E-state index contributed by atoms with van der Waals surface area (Å²) in [5.74, 6) is 0. The van der Waals surface area contributed by atoms with Crippen LogP contribution in [0.4, 0.5) is 5.69 Å². The molecule has 0 saturated carbocycles. The second-order valence-electron chi connectivity index (χ2n) is 7.42. The van der Waals surface area contributed by atoms with E-state index in [0.29, 0.717) is 0 Å². The van der Waals surface area contributed by atoms with Gasteiger partial charge in [0.1, 0.15) is 0 Å². The summed E-state index contributed by atoms with van der Waals surface area (Å²) in [7, 11) is 0. The van der Waals surface area contributed by atoms with Crippen molar-refractivity contribution in [2.75, 3.05) is 0 Å². The maximum Gasteiger partial charge on any atom is 0.166 e. The number of rotatable bonds is 1. The van der Waals surface area contributed by atoms with Crippen molar-refractivity contribution in [2.24, 2.45) is 0 Å². The van der Waals surface area contributed by atoms with E-state index >= 15 is 0 Å². The van der Waals surface area contributed by atoms with E-state index in [1.165, 1.54) is 24.3 Å². The molecule has 1 radical (unpaired) electrons. The Labute approximate surface area is 205 Å². The number of aromatic amines is 2. The van der Waals surface area contributed by atoms with Crippen molar-refractivity contribution in [2.45, 2.75) is 0 Å². The van der Waals surface area contributed by atoms with Gasteiger partial charge >= 0.3 is 0 Å². The smallest absolute Gasteiger partial charge is 0.166 e. The molecule has 2 aliphatic heterocycles. The molecule has 0 atom stereocenters. The van der Waals surface area contributed by atoms with Gasteiger partial charge in [0.05, 0.1) is 22.8 Å². The fraction of sp³-hybridized carbons (Fsp3) is 0. The van der Waals surface area contributed by atoms with Crippen molar-refractivity contribution in [1.82, 2.24) is 19.9 Å². The first-order chi connectivity index (χ1) is 16.1. The third-order valence-corrected chi connectivity index (χ3v) is 4.95. The van der Waals surface area contributed by atoms with Gasteiger partial charge in [-0.3, -0.25) is 10.1 Å². The summed E-state index contributed by atoms with van der Waals surface area (Å²) in [6.45, 7) is 0. The molecule has 0 saturated heterocycles. The summed E-state index contributed by atoms with van der Waals surface area (Å²) in [5.41, 5.74) is 7.97. The summed E-state index contributed by atoms with van der Waals surface area (Å²) in [6, 6.07) is 24.9. The number of hydrogen-bond donors (Lipinski definition) is 2. The van der Waals surface area contributed by atoms with Gasteiger partial charge in [-0.25, -0.2) is 9.97 Å². The summed E-state index contributed by atoms with van der Waals surface area (Å²) in [6.07, 6.45) is 8.05. The molecule has 0 unspecified atom stereocenters. The van der Waals surface area contributed by atoms with Crippen LogP contribution >= 0.6 is 0 Å². The molecule has 2 N–H and O–H groups in total. The molecule has 0 amide bonds. The van der Waals surface area contributed by atoms with Crippen LogP contribution in [-0.4, -0.2) is 24.9 Å². The molecule has 5 heterocycles. The zero-order chi connectivity index (χ0) is 22.6.